The molecule has 0 saturated carbocycles. The summed E-state index contributed by atoms with van der Waals surface area (Å²) in [5.74, 6) is -0.227. The maximum Gasteiger partial charge on any atom is 0.335 e. The van der Waals surface area contributed by atoms with E-state index < -0.39 is 5.97 Å². The molecule has 0 radical (unpaired) electrons. The summed E-state index contributed by atoms with van der Waals surface area (Å²) >= 11 is 0. The monoisotopic (exact) mass is 412 g/mol. The molecule has 4 rings (SSSR count). The fourth-order valence-electron chi connectivity index (χ4n) is 3.96. The van der Waals surface area contributed by atoms with Gasteiger partial charge in [-0.2, -0.15) is 0 Å². The normalized spacial score (nSPS) is 11.1. The molecule has 0 aliphatic carbocycles. The summed E-state index contributed by atoms with van der Waals surface area (Å²) in [4.78, 5) is 32.1. The molecule has 0 amide bonds. The molecule has 0 unspecified atom stereocenters. The second-order valence-electron chi connectivity index (χ2n) is 8.13. The predicted octanol–water partition coefficient (Wildman–Crippen LogP) is 5.59. The van der Waals surface area contributed by atoms with E-state index >= 15 is 0 Å². The molecule has 1 aromatic heterocycles. The zero-order valence-corrected chi connectivity index (χ0v) is 18.0. The Bertz CT molecular complexity index is 1330. The van der Waals surface area contributed by atoms with Crippen LogP contribution in [0, 0.1) is 27.7 Å². The molecule has 156 valence electrons. The van der Waals surface area contributed by atoms with Crippen molar-refractivity contribution in [1.29, 1.82) is 0 Å². The van der Waals surface area contributed by atoms with E-state index in [1.807, 2.05) is 44.2 Å². The fourth-order valence-corrected chi connectivity index (χ4v) is 3.96. The Morgan fingerprint density at radius 3 is 2.19 bits per heavy atom. The zero-order valence-electron chi connectivity index (χ0n) is 18.0. The summed E-state index contributed by atoms with van der Waals surface area (Å²) < 4.78 is 0. The van der Waals surface area contributed by atoms with Gasteiger partial charge in [0, 0.05) is 17.5 Å². The van der Waals surface area contributed by atoms with Crippen LogP contribution in [0.4, 0.5) is 0 Å². The molecule has 0 aliphatic heterocycles. The number of aromatic amines is 1. The van der Waals surface area contributed by atoms with E-state index in [1.165, 1.54) is 11.1 Å². The number of fused-ring (bicyclic) bond motifs is 1. The van der Waals surface area contributed by atoms with Crippen molar-refractivity contribution in [2.75, 3.05) is 0 Å². The average Bonchev–Trinajstić information content (AvgIpc) is 3.12. The smallest absolute Gasteiger partial charge is 0.335 e. The standard InChI is InChI=1S/C26H24N2O3/c1-14-5-6-18(9-15(14)2)12-23(29)19-7-8-21-22(13-19)28-25(27-21)24-16(3)10-20(26(30)31)11-17(24)4/h5-11,13H,12H2,1-4H3,(H,27,28)(H,30,31). The molecule has 0 saturated heterocycles. The van der Waals surface area contributed by atoms with Gasteiger partial charge >= 0.3 is 5.97 Å². The summed E-state index contributed by atoms with van der Waals surface area (Å²) in [6, 6.07) is 14.9. The topological polar surface area (TPSA) is 83.1 Å². The minimum Gasteiger partial charge on any atom is -0.478 e. The van der Waals surface area contributed by atoms with Gasteiger partial charge in [0.1, 0.15) is 5.82 Å². The SMILES string of the molecule is Cc1ccc(CC(=O)c2ccc3nc(-c4c(C)cc(C(=O)O)cc4C)[nH]c3c2)cc1C. The van der Waals surface area contributed by atoms with E-state index in [-0.39, 0.29) is 11.3 Å². The van der Waals surface area contributed by atoms with Crippen molar-refractivity contribution in [3.8, 4) is 11.4 Å². The van der Waals surface area contributed by atoms with Gasteiger partial charge in [-0.25, -0.2) is 9.78 Å². The number of rotatable bonds is 5. The van der Waals surface area contributed by atoms with Crippen LogP contribution in [0.25, 0.3) is 22.4 Å². The number of carboxylic acid groups (broad SMARTS) is 1. The first-order valence-corrected chi connectivity index (χ1v) is 10.2. The van der Waals surface area contributed by atoms with E-state index in [0.717, 1.165) is 33.3 Å². The van der Waals surface area contributed by atoms with E-state index in [9.17, 15) is 14.7 Å². The van der Waals surface area contributed by atoms with E-state index in [1.54, 1.807) is 12.1 Å². The molecule has 0 atom stereocenters. The lowest BCUT2D eigenvalue weighted by Gasteiger charge is -2.08. The number of aromatic carboxylic acids is 1. The molecule has 4 aromatic rings. The minimum absolute atomic E-state index is 0.0551. The first-order valence-electron chi connectivity index (χ1n) is 10.2. The first kappa shape index (κ1) is 20.5. The van der Waals surface area contributed by atoms with Crippen LogP contribution < -0.4 is 0 Å². The maximum atomic E-state index is 12.9. The second kappa shape index (κ2) is 7.84. The Morgan fingerprint density at radius 2 is 1.55 bits per heavy atom. The van der Waals surface area contributed by atoms with E-state index in [2.05, 4.69) is 29.9 Å². The van der Waals surface area contributed by atoms with Crippen molar-refractivity contribution < 1.29 is 14.7 Å². The van der Waals surface area contributed by atoms with Crippen LogP contribution in [-0.4, -0.2) is 26.8 Å². The highest BCUT2D eigenvalue weighted by atomic mass is 16.4. The number of carbonyl (C=O) groups excluding carboxylic acids is 1. The quantitative estimate of drug-likeness (QED) is 0.419. The zero-order chi connectivity index (χ0) is 22.3. The van der Waals surface area contributed by atoms with Crippen LogP contribution in [0.2, 0.25) is 0 Å². The van der Waals surface area contributed by atoms with Gasteiger partial charge in [-0.1, -0.05) is 18.2 Å². The van der Waals surface area contributed by atoms with Gasteiger partial charge in [0.15, 0.2) is 5.78 Å². The molecule has 1 heterocycles. The lowest BCUT2D eigenvalue weighted by molar-refractivity contribution is 0.0696. The molecular weight excluding hydrogens is 388 g/mol. The number of benzene rings is 3. The third-order valence-electron chi connectivity index (χ3n) is 5.76. The van der Waals surface area contributed by atoms with Gasteiger partial charge in [-0.3, -0.25) is 4.79 Å². The highest BCUT2D eigenvalue weighted by Crippen LogP contribution is 2.29. The molecule has 3 aromatic carbocycles. The van der Waals surface area contributed by atoms with Gasteiger partial charge in [0.2, 0.25) is 0 Å². The van der Waals surface area contributed by atoms with Crippen LogP contribution in [0.1, 0.15) is 48.5 Å². The van der Waals surface area contributed by atoms with E-state index in [4.69, 9.17) is 0 Å². The minimum atomic E-state index is -0.950. The van der Waals surface area contributed by atoms with Crippen LogP contribution in [0.5, 0.6) is 0 Å². The van der Waals surface area contributed by atoms with Crippen LogP contribution >= 0.6 is 0 Å². The molecule has 31 heavy (non-hydrogen) atoms. The van der Waals surface area contributed by atoms with Gasteiger partial charge in [0.05, 0.1) is 16.6 Å². The van der Waals surface area contributed by atoms with Gasteiger partial charge in [0.25, 0.3) is 0 Å². The number of Topliss-reactive ketones (excluding diaryl/α,β-unsaturated/α-hetero) is 1. The number of carboxylic acids is 1. The molecule has 0 aliphatic rings. The predicted molar refractivity (Wildman–Crippen MR) is 122 cm³/mol. The Hall–Kier alpha value is -3.73. The third kappa shape index (κ3) is 3.99. The van der Waals surface area contributed by atoms with Crippen molar-refractivity contribution in [2.24, 2.45) is 0 Å². The summed E-state index contributed by atoms with van der Waals surface area (Å²) in [5.41, 5.74) is 8.38. The van der Waals surface area contributed by atoms with Crippen molar-refractivity contribution in [3.05, 3.63) is 87.5 Å². The average molecular weight is 412 g/mol. The van der Waals surface area contributed by atoms with Crippen LogP contribution in [-0.2, 0) is 6.42 Å². The van der Waals surface area contributed by atoms with Gasteiger partial charge in [-0.05, 0) is 85.8 Å². The van der Waals surface area contributed by atoms with Gasteiger partial charge in [-0.15, -0.1) is 0 Å². The summed E-state index contributed by atoms with van der Waals surface area (Å²) in [7, 11) is 0. The lowest BCUT2D eigenvalue weighted by Crippen LogP contribution is -2.04. The molecule has 0 spiro atoms. The van der Waals surface area contributed by atoms with Crippen molar-refractivity contribution >= 4 is 22.8 Å². The fraction of sp³-hybridized carbons (Fsp3) is 0.192. The maximum absolute atomic E-state index is 12.9. The highest BCUT2D eigenvalue weighted by Gasteiger charge is 2.16. The second-order valence-corrected chi connectivity index (χ2v) is 8.13. The number of carbonyl (C=O) groups is 2. The molecule has 5 heteroatoms. The number of ketones is 1. The Labute approximate surface area is 180 Å². The molecule has 0 fully saturated rings. The Kier molecular flexibility index (Phi) is 5.19. The van der Waals surface area contributed by atoms with Crippen molar-refractivity contribution in [3.63, 3.8) is 0 Å². The Morgan fingerprint density at radius 1 is 0.839 bits per heavy atom. The number of nitrogens with one attached hydrogen (secondary N) is 1. The lowest BCUT2D eigenvalue weighted by atomic mass is 9.99. The third-order valence-corrected chi connectivity index (χ3v) is 5.76. The first-order chi connectivity index (χ1) is 14.7. The highest BCUT2D eigenvalue weighted by molar-refractivity contribution is 6.00. The number of hydrogen-bond donors (Lipinski definition) is 2. The Balaban J connectivity index is 1.66. The molecule has 2 N–H and O–H groups in total. The number of aromatic nitrogens is 2. The summed E-state index contributed by atoms with van der Waals surface area (Å²) in [5, 5.41) is 9.27. The number of hydrogen-bond acceptors (Lipinski definition) is 3. The van der Waals surface area contributed by atoms with Crippen LogP contribution in [0.15, 0.2) is 48.5 Å². The van der Waals surface area contributed by atoms with Crippen molar-refractivity contribution in [1.82, 2.24) is 9.97 Å². The van der Waals surface area contributed by atoms with Crippen molar-refractivity contribution in [2.45, 2.75) is 34.1 Å². The van der Waals surface area contributed by atoms with E-state index in [0.29, 0.717) is 17.8 Å². The summed E-state index contributed by atoms with van der Waals surface area (Å²) in [6.07, 6.45) is 0.350. The number of imidazole rings is 1. The summed E-state index contributed by atoms with van der Waals surface area (Å²) in [6.45, 7) is 7.86. The van der Waals surface area contributed by atoms with Gasteiger partial charge < -0.3 is 10.1 Å². The molecular formula is C26H24N2O3. The molecule has 0 bridgehead atoms. The van der Waals surface area contributed by atoms with Crippen LogP contribution in [0.3, 0.4) is 0 Å². The number of aryl methyl sites for hydroxylation is 4. The number of H-pyrrole nitrogens is 1. The number of nitrogens with zero attached hydrogens (tertiary/aromatic N) is 1. The molecule has 5 nitrogen and oxygen atoms in total. The largest absolute Gasteiger partial charge is 0.478 e.